The molecule has 0 saturated heterocycles. The van der Waals surface area contributed by atoms with Crippen molar-refractivity contribution in [2.45, 2.75) is 36.0 Å². The van der Waals surface area contributed by atoms with Crippen molar-refractivity contribution < 1.29 is 19.4 Å². The van der Waals surface area contributed by atoms with Gasteiger partial charge in [0.25, 0.3) is 0 Å². The van der Waals surface area contributed by atoms with Gasteiger partial charge in [0.05, 0.1) is 23.8 Å². The van der Waals surface area contributed by atoms with Gasteiger partial charge in [-0.1, -0.05) is 15.9 Å². The molecule has 2 atom stereocenters. The molecule has 0 aliphatic rings. The number of carbonyl (C=O) groups excluding carboxylic acids is 1. The van der Waals surface area contributed by atoms with Gasteiger partial charge in [0, 0.05) is 16.5 Å². The van der Waals surface area contributed by atoms with Crippen molar-refractivity contribution in [3.63, 3.8) is 0 Å². The summed E-state index contributed by atoms with van der Waals surface area (Å²) < 4.78 is 6.00. The van der Waals surface area contributed by atoms with Gasteiger partial charge in [-0.3, -0.25) is 9.59 Å². The Kier molecular flexibility index (Phi) is 7.38. The number of carbonyl (C=O) groups is 2. The number of benzene rings is 1. The van der Waals surface area contributed by atoms with Crippen LogP contribution >= 0.6 is 27.7 Å². The van der Waals surface area contributed by atoms with Gasteiger partial charge in [-0.15, -0.1) is 11.8 Å². The van der Waals surface area contributed by atoms with E-state index < -0.39 is 11.5 Å². The minimum absolute atomic E-state index is 0.140. The van der Waals surface area contributed by atoms with Gasteiger partial charge in [0.1, 0.15) is 0 Å². The molecule has 0 fully saturated rings. The Balaban J connectivity index is 2.68. The average molecular weight is 390 g/mol. The van der Waals surface area contributed by atoms with Crippen LogP contribution in [0.4, 0.5) is 0 Å². The van der Waals surface area contributed by atoms with Crippen LogP contribution in [0.2, 0.25) is 0 Å². The number of amides is 1. The number of carboxylic acid groups (broad SMARTS) is 1. The van der Waals surface area contributed by atoms with Gasteiger partial charge < -0.3 is 15.2 Å². The van der Waals surface area contributed by atoms with Crippen molar-refractivity contribution in [1.82, 2.24) is 5.32 Å². The van der Waals surface area contributed by atoms with Crippen molar-refractivity contribution in [1.29, 1.82) is 0 Å². The topological polar surface area (TPSA) is 75.6 Å². The number of aliphatic carboxylic acids is 1. The van der Waals surface area contributed by atoms with E-state index in [1.54, 1.807) is 13.8 Å². The van der Waals surface area contributed by atoms with Crippen molar-refractivity contribution in [2.24, 2.45) is 0 Å². The summed E-state index contributed by atoms with van der Waals surface area (Å²) in [7, 11) is 1.48. The minimum atomic E-state index is -0.979. The molecular formula is C15H20BrNO4S. The largest absolute Gasteiger partial charge is 0.481 e. The molecular weight excluding hydrogens is 370 g/mol. The number of carboxylic acids is 1. The summed E-state index contributed by atoms with van der Waals surface area (Å²) in [5, 5.41) is 11.4. The van der Waals surface area contributed by atoms with Crippen LogP contribution in [0, 0.1) is 0 Å². The van der Waals surface area contributed by atoms with E-state index in [1.807, 2.05) is 24.3 Å². The number of hydrogen-bond acceptors (Lipinski definition) is 4. The smallest absolute Gasteiger partial charge is 0.305 e. The summed E-state index contributed by atoms with van der Waals surface area (Å²) in [6, 6.07) is 7.66. The Morgan fingerprint density at radius 1 is 1.41 bits per heavy atom. The molecule has 0 bridgehead atoms. The van der Waals surface area contributed by atoms with Crippen LogP contribution in [0.1, 0.15) is 20.3 Å². The summed E-state index contributed by atoms with van der Waals surface area (Å²) in [6.07, 6.45) is -0.192. The predicted octanol–water partition coefficient (Wildman–Crippen LogP) is 2.93. The van der Waals surface area contributed by atoms with E-state index >= 15 is 0 Å². The number of halogens is 1. The molecule has 0 radical (unpaired) electrons. The number of nitrogens with one attached hydrogen (secondary N) is 1. The molecule has 0 aliphatic heterocycles. The van der Waals surface area contributed by atoms with Crippen molar-refractivity contribution in [2.75, 3.05) is 13.7 Å². The Labute approximate surface area is 142 Å². The molecule has 1 aromatic rings. The highest BCUT2D eigenvalue weighted by molar-refractivity contribution is 9.10. The Hall–Kier alpha value is -1.05. The molecule has 2 N–H and O–H groups in total. The molecule has 5 nitrogen and oxygen atoms in total. The number of hydrogen-bond donors (Lipinski definition) is 2. The third kappa shape index (κ3) is 6.37. The zero-order valence-corrected chi connectivity index (χ0v) is 15.2. The molecule has 1 amide bonds. The fraction of sp³-hybridized carbons (Fsp3) is 0.467. The molecule has 0 saturated carbocycles. The van der Waals surface area contributed by atoms with E-state index in [-0.39, 0.29) is 24.2 Å². The molecule has 122 valence electrons. The molecule has 0 aliphatic carbocycles. The van der Waals surface area contributed by atoms with Gasteiger partial charge in [0.15, 0.2) is 0 Å². The van der Waals surface area contributed by atoms with E-state index in [1.165, 1.54) is 18.9 Å². The molecule has 0 heterocycles. The first-order chi connectivity index (χ1) is 10.3. The van der Waals surface area contributed by atoms with E-state index in [0.717, 1.165) is 9.37 Å². The maximum absolute atomic E-state index is 12.3. The second-order valence-corrected chi connectivity index (χ2v) is 7.60. The first kappa shape index (κ1) is 19.0. The number of thioether (sulfide) groups is 1. The summed E-state index contributed by atoms with van der Waals surface area (Å²) >= 11 is 4.78. The molecule has 1 rings (SSSR count). The zero-order chi connectivity index (χ0) is 16.8. The fourth-order valence-corrected chi connectivity index (χ4v) is 3.09. The van der Waals surface area contributed by atoms with Gasteiger partial charge in [-0.2, -0.15) is 0 Å². The molecule has 2 unspecified atom stereocenters. The van der Waals surface area contributed by atoms with Gasteiger partial charge >= 0.3 is 5.97 Å². The van der Waals surface area contributed by atoms with Crippen LogP contribution in [0.25, 0.3) is 0 Å². The number of rotatable bonds is 8. The van der Waals surface area contributed by atoms with Crippen LogP contribution in [-0.2, 0) is 14.3 Å². The second kappa shape index (κ2) is 8.55. The third-order valence-electron chi connectivity index (χ3n) is 2.92. The van der Waals surface area contributed by atoms with Crippen LogP contribution in [-0.4, -0.2) is 41.5 Å². The van der Waals surface area contributed by atoms with Crippen LogP contribution < -0.4 is 5.32 Å². The van der Waals surface area contributed by atoms with E-state index in [4.69, 9.17) is 9.84 Å². The molecule has 0 aromatic heterocycles. The predicted molar refractivity (Wildman–Crippen MR) is 90.1 cm³/mol. The lowest BCUT2D eigenvalue weighted by atomic mass is 9.99. The Morgan fingerprint density at radius 3 is 2.50 bits per heavy atom. The normalized spacial score (nSPS) is 14.9. The van der Waals surface area contributed by atoms with E-state index in [9.17, 15) is 9.59 Å². The van der Waals surface area contributed by atoms with Gasteiger partial charge in [0.2, 0.25) is 5.91 Å². The number of ether oxygens (including phenoxy) is 1. The van der Waals surface area contributed by atoms with Crippen molar-refractivity contribution in [3.8, 4) is 0 Å². The first-order valence-electron chi connectivity index (χ1n) is 6.71. The zero-order valence-electron chi connectivity index (χ0n) is 12.8. The standard InChI is InChI=1S/C15H20BrNO4S/c1-10(22-12-6-4-11(16)5-7-12)14(20)17-15(2,9-21-3)8-13(18)19/h4-7,10H,8-9H2,1-3H3,(H,17,20)(H,18,19). The molecule has 1 aromatic carbocycles. The van der Waals surface area contributed by atoms with Crippen molar-refractivity contribution in [3.05, 3.63) is 28.7 Å². The summed E-state index contributed by atoms with van der Waals surface area (Å²) in [5.74, 6) is -1.19. The number of methoxy groups -OCH3 is 1. The van der Waals surface area contributed by atoms with Gasteiger partial charge in [-0.05, 0) is 38.1 Å². The SMILES string of the molecule is COCC(C)(CC(=O)O)NC(=O)C(C)Sc1ccc(Br)cc1. The Bertz CT molecular complexity index is 523. The highest BCUT2D eigenvalue weighted by atomic mass is 79.9. The summed E-state index contributed by atoms with van der Waals surface area (Å²) in [6.45, 7) is 3.59. The molecule has 7 heteroatoms. The highest BCUT2D eigenvalue weighted by Gasteiger charge is 2.31. The molecule has 22 heavy (non-hydrogen) atoms. The van der Waals surface area contributed by atoms with Crippen LogP contribution in [0.3, 0.4) is 0 Å². The maximum Gasteiger partial charge on any atom is 0.305 e. The minimum Gasteiger partial charge on any atom is -0.481 e. The lowest BCUT2D eigenvalue weighted by molar-refractivity contribution is -0.139. The van der Waals surface area contributed by atoms with E-state index in [0.29, 0.717) is 0 Å². The van der Waals surface area contributed by atoms with Crippen LogP contribution in [0.5, 0.6) is 0 Å². The molecule has 0 spiro atoms. The maximum atomic E-state index is 12.3. The van der Waals surface area contributed by atoms with Gasteiger partial charge in [-0.25, -0.2) is 0 Å². The Morgan fingerprint density at radius 2 is 2.00 bits per heavy atom. The average Bonchev–Trinajstić information content (AvgIpc) is 2.40. The van der Waals surface area contributed by atoms with Crippen LogP contribution in [0.15, 0.2) is 33.6 Å². The first-order valence-corrected chi connectivity index (χ1v) is 8.38. The van der Waals surface area contributed by atoms with Crippen molar-refractivity contribution >= 4 is 39.6 Å². The fourth-order valence-electron chi connectivity index (χ4n) is 1.95. The highest BCUT2D eigenvalue weighted by Crippen LogP contribution is 2.25. The monoisotopic (exact) mass is 389 g/mol. The summed E-state index contributed by atoms with van der Waals surface area (Å²) in [5.41, 5.74) is -0.924. The lowest BCUT2D eigenvalue weighted by Gasteiger charge is -2.29. The lowest BCUT2D eigenvalue weighted by Crippen LogP contribution is -2.52. The second-order valence-electron chi connectivity index (χ2n) is 5.27. The quantitative estimate of drug-likeness (QED) is 0.668. The van der Waals surface area contributed by atoms with E-state index in [2.05, 4.69) is 21.2 Å². The summed E-state index contributed by atoms with van der Waals surface area (Å²) in [4.78, 5) is 24.2. The third-order valence-corrected chi connectivity index (χ3v) is 4.57.